The molecule has 0 aliphatic heterocycles. The van der Waals surface area contributed by atoms with Gasteiger partial charge in [-0.25, -0.2) is 4.79 Å². The van der Waals surface area contributed by atoms with E-state index < -0.39 is 6.22 Å². The predicted octanol–water partition coefficient (Wildman–Crippen LogP) is 3.40. The summed E-state index contributed by atoms with van der Waals surface area (Å²) in [5.41, 5.74) is 2.15. The Morgan fingerprint density at radius 1 is 0.443 bits per heavy atom. The summed E-state index contributed by atoms with van der Waals surface area (Å²) >= 11 is 0. The number of aryl methyl sites for hydroxylation is 1. The van der Waals surface area contributed by atoms with Crippen molar-refractivity contribution in [3.63, 3.8) is 0 Å². The first-order valence-corrected chi connectivity index (χ1v) is 24.5. The second-order valence-electron chi connectivity index (χ2n) is 15.0. The lowest BCUT2D eigenvalue weighted by molar-refractivity contribution is -0.105. The third kappa shape index (κ3) is 46.5. The highest BCUT2D eigenvalue weighted by molar-refractivity contribution is 5.71. The fourth-order valence-electron chi connectivity index (χ4n) is 6.03. The van der Waals surface area contributed by atoms with Gasteiger partial charge in [-0.15, -0.1) is 4.39 Å². The van der Waals surface area contributed by atoms with Crippen LogP contribution in [0.25, 0.3) is 0 Å². The van der Waals surface area contributed by atoms with Crippen molar-refractivity contribution in [2.45, 2.75) is 32.3 Å². The minimum Gasteiger partial charge on any atom is -0.435 e. The quantitative estimate of drug-likeness (QED) is 0.0564. The molecule has 0 fully saturated rings. The summed E-state index contributed by atoms with van der Waals surface area (Å²) in [4.78, 5) is 24.2. The highest BCUT2D eigenvalue weighted by atomic mass is 19.1. The first kappa shape index (κ1) is 65.4. The number of ether oxygens (including phenoxy) is 17. The summed E-state index contributed by atoms with van der Waals surface area (Å²) in [6, 6.07) is 5.23. The SMILES string of the molecule is COCCOCCOCCOCCOCCOCCOCCOCCCN(CCCOCCOCCOCCOCCOCCOCCOCCOC)CCCc1cc(NC=O)ccc1COC(=O)F. The molecule has 70 heavy (non-hydrogen) atoms. The maximum absolute atomic E-state index is 12.9. The average Bonchev–Trinajstić information content (AvgIpc) is 3.36. The van der Waals surface area contributed by atoms with E-state index in [-0.39, 0.29) is 6.61 Å². The van der Waals surface area contributed by atoms with Gasteiger partial charge in [-0.05, 0) is 55.5 Å². The Morgan fingerprint density at radius 2 is 0.743 bits per heavy atom. The summed E-state index contributed by atoms with van der Waals surface area (Å²) in [5, 5.41) is 2.64. The molecule has 1 aromatic rings. The Bertz CT molecular complexity index is 1210. The van der Waals surface area contributed by atoms with Crippen molar-refractivity contribution in [1.82, 2.24) is 4.90 Å². The third-order valence-electron chi connectivity index (χ3n) is 9.55. The van der Waals surface area contributed by atoms with Crippen molar-refractivity contribution in [1.29, 1.82) is 0 Å². The highest BCUT2D eigenvalue weighted by Gasteiger charge is 2.11. The summed E-state index contributed by atoms with van der Waals surface area (Å²) in [6.45, 7) is 17.4. The summed E-state index contributed by atoms with van der Waals surface area (Å²) in [6.07, 6.45) is 1.82. The number of carbonyl (C=O) groups is 2. The van der Waals surface area contributed by atoms with Crippen LogP contribution in [0.5, 0.6) is 0 Å². The monoisotopic (exact) mass is 1010 g/mol. The second-order valence-corrected chi connectivity index (χ2v) is 15.0. The van der Waals surface area contributed by atoms with Crippen LogP contribution in [0.3, 0.4) is 0 Å². The Morgan fingerprint density at radius 3 is 1.04 bits per heavy atom. The van der Waals surface area contributed by atoms with Gasteiger partial charge in [0.1, 0.15) is 6.61 Å². The number of benzene rings is 1. The molecule has 22 heteroatoms. The summed E-state index contributed by atoms with van der Waals surface area (Å²) in [7, 11) is 3.28. The Hall–Kier alpha value is -2.59. The first-order chi connectivity index (χ1) is 34.6. The van der Waals surface area contributed by atoms with Gasteiger partial charge >= 0.3 is 6.22 Å². The minimum atomic E-state index is -1.84. The van der Waals surface area contributed by atoms with Crippen LogP contribution in [0.2, 0.25) is 0 Å². The van der Waals surface area contributed by atoms with E-state index in [0.717, 1.165) is 44.5 Å². The van der Waals surface area contributed by atoms with E-state index in [1.165, 1.54) is 0 Å². The average molecular weight is 1020 g/mol. The zero-order chi connectivity index (χ0) is 50.3. The predicted molar refractivity (Wildman–Crippen MR) is 257 cm³/mol. The molecule has 0 spiro atoms. The van der Waals surface area contributed by atoms with Gasteiger partial charge in [0.2, 0.25) is 6.41 Å². The molecule has 1 amide bonds. The molecule has 0 atom stereocenters. The van der Waals surface area contributed by atoms with E-state index in [1.54, 1.807) is 26.4 Å². The van der Waals surface area contributed by atoms with Crippen LogP contribution in [-0.4, -0.2) is 250 Å². The Kier molecular flexibility index (Phi) is 50.6. The minimum absolute atomic E-state index is 0.188. The van der Waals surface area contributed by atoms with Crippen molar-refractivity contribution < 1.29 is 94.5 Å². The maximum Gasteiger partial charge on any atom is 0.495 e. The number of nitrogens with one attached hydrogen (secondary N) is 1. The topological polar surface area (TPSA) is 206 Å². The molecule has 0 heterocycles. The zero-order valence-corrected chi connectivity index (χ0v) is 42.3. The van der Waals surface area contributed by atoms with E-state index in [1.807, 2.05) is 6.07 Å². The van der Waals surface area contributed by atoms with Gasteiger partial charge < -0.3 is 90.7 Å². The fourth-order valence-corrected chi connectivity index (χ4v) is 6.03. The summed E-state index contributed by atoms with van der Waals surface area (Å²) in [5.74, 6) is 0. The molecule has 0 bridgehead atoms. The van der Waals surface area contributed by atoms with Crippen LogP contribution >= 0.6 is 0 Å². The molecule has 0 saturated heterocycles. The molecule has 0 saturated carbocycles. The normalized spacial score (nSPS) is 11.5. The molecule has 1 N–H and O–H groups in total. The number of methoxy groups -OCH3 is 2. The number of halogens is 1. The molecule has 0 unspecified atom stereocenters. The molecular formula is C48H87FN2O19. The number of nitrogens with zero attached hydrogens (tertiary/aromatic N) is 1. The molecule has 0 radical (unpaired) electrons. The maximum atomic E-state index is 12.9. The van der Waals surface area contributed by atoms with Crippen LogP contribution in [0.15, 0.2) is 18.2 Å². The van der Waals surface area contributed by atoms with E-state index >= 15 is 0 Å². The van der Waals surface area contributed by atoms with Crippen molar-refractivity contribution >= 4 is 18.3 Å². The third-order valence-corrected chi connectivity index (χ3v) is 9.55. The van der Waals surface area contributed by atoms with Gasteiger partial charge in [-0.3, -0.25) is 4.79 Å². The van der Waals surface area contributed by atoms with Crippen LogP contribution in [0.1, 0.15) is 30.4 Å². The van der Waals surface area contributed by atoms with Crippen LogP contribution < -0.4 is 5.32 Å². The van der Waals surface area contributed by atoms with Crippen LogP contribution in [0, 0.1) is 0 Å². The Labute approximate surface area is 415 Å². The lowest BCUT2D eigenvalue weighted by Crippen LogP contribution is -2.29. The van der Waals surface area contributed by atoms with E-state index in [0.29, 0.717) is 222 Å². The molecule has 410 valence electrons. The van der Waals surface area contributed by atoms with Crippen molar-refractivity contribution in [2.24, 2.45) is 0 Å². The van der Waals surface area contributed by atoms with Gasteiger partial charge in [-0.2, -0.15) is 0 Å². The Balaban J connectivity index is 2.19. The second kappa shape index (κ2) is 54.2. The summed E-state index contributed by atoms with van der Waals surface area (Å²) < 4.78 is 105. The zero-order valence-electron chi connectivity index (χ0n) is 42.3. The molecule has 0 aliphatic carbocycles. The highest BCUT2D eigenvalue weighted by Crippen LogP contribution is 2.19. The smallest absolute Gasteiger partial charge is 0.435 e. The number of carbonyl (C=O) groups excluding carboxylic acids is 2. The van der Waals surface area contributed by atoms with Crippen LogP contribution in [-0.2, 0) is 98.3 Å². The van der Waals surface area contributed by atoms with E-state index in [9.17, 15) is 14.0 Å². The number of hydrogen-bond acceptors (Lipinski definition) is 20. The van der Waals surface area contributed by atoms with Crippen LogP contribution in [0.4, 0.5) is 14.9 Å². The number of anilines is 1. The van der Waals surface area contributed by atoms with Crippen molar-refractivity contribution in [3.8, 4) is 0 Å². The first-order valence-electron chi connectivity index (χ1n) is 24.5. The fraction of sp³-hybridized carbons (Fsp3) is 0.833. The number of hydrogen-bond donors (Lipinski definition) is 1. The van der Waals surface area contributed by atoms with Gasteiger partial charge in [0, 0.05) is 46.2 Å². The number of rotatable bonds is 58. The lowest BCUT2D eigenvalue weighted by Gasteiger charge is -2.23. The van der Waals surface area contributed by atoms with E-state index in [2.05, 4.69) is 15.0 Å². The molecule has 1 rings (SSSR count). The van der Waals surface area contributed by atoms with Crippen molar-refractivity contribution in [2.75, 3.05) is 237 Å². The van der Waals surface area contributed by atoms with Gasteiger partial charge in [-0.1, -0.05) is 6.07 Å². The molecule has 21 nitrogen and oxygen atoms in total. The van der Waals surface area contributed by atoms with E-state index in [4.69, 9.17) is 75.8 Å². The van der Waals surface area contributed by atoms with Gasteiger partial charge in [0.15, 0.2) is 0 Å². The largest absolute Gasteiger partial charge is 0.495 e. The van der Waals surface area contributed by atoms with Gasteiger partial charge in [0.05, 0.1) is 185 Å². The molecule has 1 aromatic carbocycles. The molecule has 0 aromatic heterocycles. The standard InChI is InChI=1S/C48H87FN2O19/c1-54-14-16-58-22-24-62-30-32-66-38-40-68-36-34-64-28-26-60-20-18-56-12-4-10-51(9-3-6-45-42-47(50-44-52)8-7-46(45)43-70-48(49)53)11-5-13-57-19-21-61-27-29-65-35-37-69-41-39-67-33-31-63-25-23-59-17-15-55-2/h7-8,42,44H,3-6,9-41,43H2,1-2H3,(H,50,52). The number of amides is 1. The molecule has 0 aliphatic rings. The van der Waals surface area contributed by atoms with Gasteiger partial charge in [0.25, 0.3) is 0 Å². The van der Waals surface area contributed by atoms with Crippen molar-refractivity contribution in [3.05, 3.63) is 29.3 Å². The molecular weight excluding hydrogens is 928 g/mol. The lowest BCUT2D eigenvalue weighted by atomic mass is 10.0.